The van der Waals surface area contributed by atoms with E-state index in [1.54, 1.807) is 47.7 Å². The maximum Gasteiger partial charge on any atom is 0.295 e. The van der Waals surface area contributed by atoms with Gasteiger partial charge in [0.15, 0.2) is 31.1 Å². The van der Waals surface area contributed by atoms with E-state index in [-0.39, 0.29) is 72.9 Å². The van der Waals surface area contributed by atoms with Crippen LogP contribution in [0.5, 0.6) is 0 Å². The van der Waals surface area contributed by atoms with E-state index in [0.29, 0.717) is 42.0 Å². The fraction of sp³-hybridized carbons (Fsp3) is 0.407. The van der Waals surface area contributed by atoms with E-state index in [2.05, 4.69) is 40.8 Å². The molecule has 7 heterocycles. The Morgan fingerprint density at radius 2 is 1.18 bits per heavy atom. The third kappa shape index (κ3) is 11.9. The van der Waals surface area contributed by atoms with Crippen molar-refractivity contribution in [2.24, 2.45) is 30.9 Å². The Balaban J connectivity index is 0.000000186. The fourth-order valence-corrected chi connectivity index (χ4v) is 11.6. The van der Waals surface area contributed by atoms with Crippen LogP contribution in [0.3, 0.4) is 0 Å². The first-order valence-corrected chi connectivity index (χ1v) is 29.5. The number of pyridine rings is 2. The van der Waals surface area contributed by atoms with Crippen molar-refractivity contribution in [3.05, 3.63) is 95.0 Å². The summed E-state index contributed by atoms with van der Waals surface area (Å²) in [7, 11) is -4.09. The number of ketones is 2. The van der Waals surface area contributed by atoms with Crippen molar-refractivity contribution in [1.82, 2.24) is 39.1 Å². The summed E-state index contributed by atoms with van der Waals surface area (Å²) in [5.74, 6) is -11.0. The number of hydrogen-bond acceptors (Lipinski definition) is 15. The third-order valence-electron chi connectivity index (χ3n) is 14.6. The summed E-state index contributed by atoms with van der Waals surface area (Å²) in [4.78, 5) is 41.7. The number of anilines is 4. The van der Waals surface area contributed by atoms with Gasteiger partial charge in [0.25, 0.3) is 24.7 Å². The lowest BCUT2D eigenvalue weighted by Crippen LogP contribution is -2.21. The summed E-state index contributed by atoms with van der Waals surface area (Å²) in [6.45, 7) is 4.05. The van der Waals surface area contributed by atoms with Crippen LogP contribution in [0.4, 0.5) is 63.6 Å². The first-order valence-electron chi connectivity index (χ1n) is 25.7. The Morgan fingerprint density at radius 3 is 1.62 bits per heavy atom. The van der Waals surface area contributed by atoms with Gasteiger partial charge in [-0.25, -0.2) is 66.9 Å². The van der Waals surface area contributed by atoms with Gasteiger partial charge in [-0.1, -0.05) is 12.1 Å². The average Bonchev–Trinajstić information content (AvgIpc) is 2.76. The summed E-state index contributed by atoms with van der Waals surface area (Å²) in [5, 5.41) is 14.8. The second-order valence-corrected chi connectivity index (χ2v) is 24.9. The molecule has 2 aromatic carbocycles. The number of aryl methyl sites for hydroxylation is 4. The minimum atomic E-state index is -3.84. The second-order valence-electron chi connectivity index (χ2n) is 21.0. The molecule has 3 unspecified atom stereocenters. The van der Waals surface area contributed by atoms with Crippen LogP contribution in [0.1, 0.15) is 79.1 Å². The van der Waals surface area contributed by atoms with Crippen LogP contribution in [0.15, 0.2) is 75.4 Å². The van der Waals surface area contributed by atoms with Crippen LogP contribution in [-0.2, 0) is 67.4 Å². The Hall–Kier alpha value is -7.46. The maximum atomic E-state index is 14.3. The highest BCUT2D eigenvalue weighted by atomic mass is 32.2. The number of aliphatic imine (C=N–C) groups is 1. The number of Topliss-reactive ketones (excluding diaryl/α,β-unsaturated/α-hetero) is 2. The molecule has 434 valence electrons. The van der Waals surface area contributed by atoms with Gasteiger partial charge in [0.2, 0.25) is 0 Å². The summed E-state index contributed by atoms with van der Waals surface area (Å²) in [6, 6.07) is 15.6. The zero-order valence-electron chi connectivity index (χ0n) is 44.7. The first-order chi connectivity index (χ1) is 38.4. The number of hydrogen-bond donors (Lipinski definition) is 2. The predicted octanol–water partition coefficient (Wildman–Crippen LogP) is 10.3. The van der Waals surface area contributed by atoms with Crippen molar-refractivity contribution >= 4 is 76.6 Å². The van der Waals surface area contributed by atoms with Gasteiger partial charge >= 0.3 is 0 Å². The van der Waals surface area contributed by atoms with Gasteiger partial charge in [0.05, 0.1) is 78.6 Å². The second kappa shape index (κ2) is 21.4. The molecule has 5 aromatic heterocycles. The number of rotatable bonds is 17. The first kappa shape index (κ1) is 57.8. The molecule has 28 heteroatoms. The number of fused-ring (bicyclic) bond motifs is 2. The lowest BCUT2D eigenvalue weighted by atomic mass is 10.1. The third-order valence-corrected chi connectivity index (χ3v) is 16.9. The highest BCUT2D eigenvalue weighted by Crippen LogP contribution is 2.51. The summed E-state index contributed by atoms with van der Waals surface area (Å²) >= 11 is 0. The van der Waals surface area contributed by atoms with Crippen molar-refractivity contribution in [3.63, 3.8) is 0 Å². The number of nitrogens with one attached hydrogen (secondary N) is 2. The predicted molar refractivity (Wildman–Crippen MR) is 285 cm³/mol. The van der Waals surface area contributed by atoms with E-state index >= 15 is 0 Å². The Labute approximate surface area is 464 Å². The van der Waals surface area contributed by atoms with E-state index in [4.69, 9.17) is 4.74 Å². The van der Waals surface area contributed by atoms with E-state index in [1.807, 2.05) is 13.8 Å². The highest BCUT2D eigenvalue weighted by molar-refractivity contribution is 7.91. The number of carbonyl (C=O) groups is 2. The van der Waals surface area contributed by atoms with Gasteiger partial charge in [-0.2, -0.15) is 10.2 Å². The number of halogens is 8. The number of benzene rings is 2. The number of alkyl halides is 8. The van der Waals surface area contributed by atoms with Gasteiger partial charge in [-0.15, -0.1) is 0 Å². The SMILES string of the molecule is Cc1cc(-c2ccc(Nc3cc(CC(=O)C4CC4(F)F)nc4c3N=C(C(F)F)C4)c(S(C)(=O)=O)c2)nn1C.Cc1cc(-c2ccc(Nc3cc(CC(=O)C4CC4(F)F)nc4c3nc(C(F)F)n4C3CCCCO3)c(S(C)(=O)=O)c2)nn1C. The van der Waals surface area contributed by atoms with Crippen molar-refractivity contribution < 1.29 is 66.3 Å². The number of imidazole rings is 1. The number of nitrogens with zero attached hydrogens (tertiary/aromatic N) is 9. The molecule has 18 nitrogen and oxygen atoms in total. The zero-order valence-corrected chi connectivity index (χ0v) is 46.4. The van der Waals surface area contributed by atoms with Crippen molar-refractivity contribution in [3.8, 4) is 22.5 Å². The molecule has 4 aliphatic rings. The number of carbonyl (C=O) groups excluding carboxylic acids is 2. The molecule has 2 saturated carbocycles. The normalized spacial score (nSPS) is 19.0. The molecular formula is C54H53F8N11O7S2. The average molecular weight is 1180 g/mol. The van der Waals surface area contributed by atoms with Crippen LogP contribution in [0, 0.1) is 25.7 Å². The molecule has 3 fully saturated rings. The van der Waals surface area contributed by atoms with Gasteiger partial charge < -0.3 is 15.4 Å². The number of ether oxygens (including phenoxy) is 1. The molecule has 0 spiro atoms. The molecular weight excluding hydrogens is 1130 g/mol. The summed E-state index contributed by atoms with van der Waals surface area (Å²) < 4.78 is 171. The lowest BCUT2D eigenvalue weighted by Gasteiger charge is -2.25. The Kier molecular flexibility index (Phi) is 15.1. The van der Waals surface area contributed by atoms with E-state index < -0.39 is 111 Å². The molecule has 7 aromatic rings. The molecule has 0 amide bonds. The molecule has 2 N–H and O–H groups in total. The van der Waals surface area contributed by atoms with Crippen molar-refractivity contribution in [2.75, 3.05) is 29.8 Å². The molecule has 2 aliphatic heterocycles. The molecule has 1 saturated heterocycles. The van der Waals surface area contributed by atoms with Gasteiger partial charge in [-0.05, 0) is 81.6 Å². The van der Waals surface area contributed by atoms with Crippen LogP contribution in [0.2, 0.25) is 0 Å². The van der Waals surface area contributed by atoms with Gasteiger partial charge in [0.1, 0.15) is 29.0 Å². The van der Waals surface area contributed by atoms with Crippen molar-refractivity contribution in [1.29, 1.82) is 0 Å². The standard InChI is InChI=1S/C29H30F4N6O4S.C25H23F4N5O3S/c1-15-10-20(37-38(15)2)16-7-8-19(23(11-16)44(3,41)42)35-21-12-17(13-22(40)18-14-29(18,32)33)34-27-25(21)36-28(26(30)31)39(27)24-6-4-5-9-43-24;1-12-6-17(33-34(12)2)13-4-5-16(22(7-13)38(3,36)37)31-18-8-14(9-21(35)15-11-25(15,28)29)30-19-10-20(24(26)27)32-23(18)19/h7-8,10-12,18,24,26H,4-6,9,13-14H2,1-3H3,(H,34,35);4-8,15,24H,9-11H2,1-3H3,(H,30,31). The minimum Gasteiger partial charge on any atom is -0.358 e. The molecule has 3 atom stereocenters. The summed E-state index contributed by atoms with van der Waals surface area (Å²) in [5.41, 5.74) is 4.34. The molecule has 0 radical (unpaired) electrons. The smallest absolute Gasteiger partial charge is 0.295 e. The maximum absolute atomic E-state index is 14.3. The summed E-state index contributed by atoms with van der Waals surface area (Å²) in [6.07, 6.45) is -4.94. The van der Waals surface area contributed by atoms with Gasteiger partial charge in [0, 0.05) is 87.8 Å². The molecule has 0 bridgehead atoms. The van der Waals surface area contributed by atoms with E-state index in [9.17, 15) is 61.5 Å². The van der Waals surface area contributed by atoms with Crippen LogP contribution >= 0.6 is 0 Å². The minimum absolute atomic E-state index is 0.00805. The highest BCUT2D eigenvalue weighted by Gasteiger charge is 2.61. The topological polar surface area (TPSA) is 227 Å². The van der Waals surface area contributed by atoms with Crippen LogP contribution < -0.4 is 10.6 Å². The van der Waals surface area contributed by atoms with Crippen molar-refractivity contribution in [2.45, 2.75) is 106 Å². The molecule has 11 rings (SSSR count). The largest absolute Gasteiger partial charge is 0.358 e. The van der Waals surface area contributed by atoms with Crippen LogP contribution in [-0.4, -0.2) is 111 Å². The number of sulfone groups is 2. The monoisotopic (exact) mass is 1180 g/mol. The molecule has 82 heavy (non-hydrogen) atoms. The Morgan fingerprint density at radius 1 is 0.683 bits per heavy atom. The quantitative estimate of drug-likeness (QED) is 0.0809. The zero-order chi connectivity index (χ0) is 59.1. The van der Waals surface area contributed by atoms with Crippen LogP contribution in [0.25, 0.3) is 33.7 Å². The van der Waals surface area contributed by atoms with E-state index in [1.165, 1.54) is 41.0 Å². The lowest BCUT2D eigenvalue weighted by molar-refractivity contribution is -0.122. The number of aromatic nitrogens is 8. The fourth-order valence-electron chi connectivity index (χ4n) is 9.85. The Bertz CT molecular complexity index is 3970. The van der Waals surface area contributed by atoms with E-state index in [0.717, 1.165) is 30.3 Å². The van der Waals surface area contributed by atoms with Gasteiger partial charge in [-0.3, -0.25) is 28.5 Å². The molecule has 2 aliphatic carbocycles.